The molecule has 35 heavy (non-hydrogen) atoms. The predicted molar refractivity (Wildman–Crippen MR) is 138 cm³/mol. The monoisotopic (exact) mass is 501 g/mol. The molecule has 1 saturated heterocycles. The summed E-state index contributed by atoms with van der Waals surface area (Å²) in [5.41, 5.74) is 8.74. The summed E-state index contributed by atoms with van der Waals surface area (Å²) in [7, 11) is 0. The number of rotatable bonds is 7. The molecule has 3 aromatic rings. The number of allylic oxidation sites excluding steroid dienone is 1. The number of ether oxygens (including phenoxy) is 1. The Balaban J connectivity index is 1.47. The molecule has 2 aromatic carbocycles. The van der Waals surface area contributed by atoms with Crippen LogP contribution in [0.15, 0.2) is 113 Å². The van der Waals surface area contributed by atoms with Crippen molar-refractivity contribution >= 4 is 35.4 Å². The highest BCUT2D eigenvalue weighted by Gasteiger charge is 2.52. The summed E-state index contributed by atoms with van der Waals surface area (Å²) in [6.45, 7) is 0. The Morgan fingerprint density at radius 3 is 2.31 bits per heavy atom. The van der Waals surface area contributed by atoms with Crippen LogP contribution in [0.2, 0.25) is 0 Å². The van der Waals surface area contributed by atoms with Gasteiger partial charge in [0.05, 0.1) is 0 Å². The highest BCUT2D eigenvalue weighted by atomic mass is 32.2. The Morgan fingerprint density at radius 1 is 1.06 bits per heavy atom. The van der Waals surface area contributed by atoms with Gasteiger partial charge in [-0.15, -0.1) is 11.8 Å². The minimum absolute atomic E-state index is 0.262. The number of hydrogen-bond donors (Lipinski definition) is 1. The smallest absolute Gasteiger partial charge is 0.356 e. The molecule has 176 valence electrons. The van der Waals surface area contributed by atoms with Gasteiger partial charge in [-0.3, -0.25) is 14.7 Å². The van der Waals surface area contributed by atoms with Crippen LogP contribution < -0.4 is 5.73 Å². The number of fused-ring (bicyclic) bond motifs is 1. The molecule has 8 heteroatoms. The van der Waals surface area contributed by atoms with E-state index in [1.807, 2.05) is 84.3 Å². The van der Waals surface area contributed by atoms with Crippen LogP contribution in [0.3, 0.4) is 0 Å². The third-order valence-corrected chi connectivity index (χ3v) is 7.92. The molecule has 3 heterocycles. The molecule has 5 rings (SSSR count). The van der Waals surface area contributed by atoms with Crippen LogP contribution in [-0.2, 0) is 14.3 Å². The fraction of sp³-hybridized carbons (Fsp3) is 0.148. The molecule has 1 amide bonds. The minimum Gasteiger partial charge on any atom is -0.448 e. The predicted octanol–water partition coefficient (Wildman–Crippen LogP) is 4.52. The molecule has 6 nitrogen and oxygen atoms in total. The molecule has 2 aliphatic rings. The van der Waals surface area contributed by atoms with Gasteiger partial charge < -0.3 is 10.5 Å². The van der Waals surface area contributed by atoms with E-state index in [9.17, 15) is 9.59 Å². The molecular formula is C27H23N3O3S2. The maximum absolute atomic E-state index is 13.7. The topological polar surface area (TPSA) is 85.5 Å². The first-order valence-electron chi connectivity index (χ1n) is 11.1. The molecule has 0 spiro atoms. The number of benzene rings is 2. The van der Waals surface area contributed by atoms with Gasteiger partial charge in [0.15, 0.2) is 6.10 Å². The summed E-state index contributed by atoms with van der Waals surface area (Å²) >= 11 is 3.07. The molecule has 1 aromatic heterocycles. The van der Waals surface area contributed by atoms with Crippen molar-refractivity contribution in [3.8, 4) is 0 Å². The van der Waals surface area contributed by atoms with E-state index in [0.717, 1.165) is 21.6 Å². The number of nitrogens with zero attached hydrogens (tertiary/aromatic N) is 2. The van der Waals surface area contributed by atoms with Gasteiger partial charge in [0, 0.05) is 23.0 Å². The van der Waals surface area contributed by atoms with Crippen molar-refractivity contribution in [3.63, 3.8) is 0 Å². The Hall–Kier alpha value is -3.33. The fourth-order valence-corrected chi connectivity index (χ4v) is 5.95. The number of esters is 1. The summed E-state index contributed by atoms with van der Waals surface area (Å²) in [6.07, 6.45) is 4.73. The number of hydrogen-bond acceptors (Lipinski definition) is 7. The van der Waals surface area contributed by atoms with E-state index in [1.54, 1.807) is 24.2 Å². The molecule has 1 unspecified atom stereocenters. The molecule has 1 fully saturated rings. The van der Waals surface area contributed by atoms with E-state index < -0.39 is 18.1 Å². The zero-order valence-corrected chi connectivity index (χ0v) is 20.3. The highest BCUT2D eigenvalue weighted by Crippen LogP contribution is 2.41. The third kappa shape index (κ3) is 4.91. The van der Waals surface area contributed by atoms with Crippen LogP contribution in [0, 0.1) is 0 Å². The molecule has 0 saturated carbocycles. The quantitative estimate of drug-likeness (QED) is 0.289. The molecular weight excluding hydrogens is 478 g/mol. The van der Waals surface area contributed by atoms with Crippen molar-refractivity contribution in [2.75, 3.05) is 5.75 Å². The Bertz CT molecular complexity index is 1230. The largest absolute Gasteiger partial charge is 0.448 e. The van der Waals surface area contributed by atoms with Gasteiger partial charge in [0.2, 0.25) is 5.91 Å². The van der Waals surface area contributed by atoms with E-state index in [0.29, 0.717) is 5.75 Å². The highest BCUT2D eigenvalue weighted by molar-refractivity contribution is 8.02. The Morgan fingerprint density at radius 2 is 1.69 bits per heavy atom. The number of carbonyl (C=O) groups is 2. The molecule has 2 N–H and O–H groups in total. The van der Waals surface area contributed by atoms with E-state index in [1.165, 1.54) is 16.7 Å². The first kappa shape index (κ1) is 23.4. The first-order valence-corrected chi connectivity index (χ1v) is 13.0. The van der Waals surface area contributed by atoms with Gasteiger partial charge in [0.1, 0.15) is 17.1 Å². The van der Waals surface area contributed by atoms with Crippen molar-refractivity contribution in [2.24, 2.45) is 5.73 Å². The van der Waals surface area contributed by atoms with Crippen molar-refractivity contribution in [1.82, 2.24) is 9.88 Å². The summed E-state index contributed by atoms with van der Waals surface area (Å²) in [4.78, 5) is 32.9. The lowest BCUT2D eigenvalue weighted by Gasteiger charge is -2.48. The van der Waals surface area contributed by atoms with Gasteiger partial charge in [-0.25, -0.2) is 4.79 Å². The second-order valence-corrected chi connectivity index (χ2v) is 10.1. The molecule has 0 radical (unpaired) electrons. The van der Waals surface area contributed by atoms with E-state index in [2.05, 4.69) is 4.98 Å². The molecule has 0 bridgehead atoms. The van der Waals surface area contributed by atoms with Crippen molar-refractivity contribution in [1.29, 1.82) is 0 Å². The van der Waals surface area contributed by atoms with Crippen LogP contribution in [0.25, 0.3) is 0 Å². The zero-order chi connectivity index (χ0) is 24.2. The second kappa shape index (κ2) is 10.5. The number of amides is 1. The molecule has 0 aliphatic carbocycles. The normalized spacial score (nSPS) is 19.6. The lowest BCUT2D eigenvalue weighted by atomic mass is 10.0. The number of thioether (sulfide) groups is 2. The van der Waals surface area contributed by atoms with Crippen molar-refractivity contribution < 1.29 is 14.3 Å². The maximum atomic E-state index is 13.7. The second-order valence-electron chi connectivity index (χ2n) is 8.02. The third-order valence-electron chi connectivity index (χ3n) is 5.78. The first-order chi connectivity index (χ1) is 17.1. The van der Waals surface area contributed by atoms with Gasteiger partial charge in [-0.2, -0.15) is 0 Å². The Kier molecular flexibility index (Phi) is 7.03. The van der Waals surface area contributed by atoms with Gasteiger partial charge in [-0.05, 0) is 40.3 Å². The minimum atomic E-state index is -0.612. The van der Waals surface area contributed by atoms with Crippen molar-refractivity contribution in [2.45, 2.75) is 22.4 Å². The lowest BCUT2D eigenvalue weighted by Crippen LogP contribution is -2.68. The zero-order valence-electron chi connectivity index (χ0n) is 18.7. The SMILES string of the molecule is NC1C(=O)N2C(C(=O)OC(c3ccccc3)c3ccccc3)=C(C=CSc3ccncc3)CS[C@@H]12. The number of β-lactam (4-membered cyclic amide) rings is 1. The lowest BCUT2D eigenvalue weighted by molar-refractivity contribution is -0.153. The average molecular weight is 502 g/mol. The van der Waals surface area contributed by atoms with Crippen LogP contribution >= 0.6 is 23.5 Å². The molecule has 2 aliphatic heterocycles. The van der Waals surface area contributed by atoms with Crippen LogP contribution in [0.5, 0.6) is 0 Å². The fourth-order valence-electron chi connectivity index (χ4n) is 4.02. The van der Waals surface area contributed by atoms with Gasteiger partial charge in [0.25, 0.3) is 0 Å². The van der Waals surface area contributed by atoms with E-state index in [4.69, 9.17) is 10.5 Å². The standard InChI is InChI=1S/C27H23N3O3S2/c28-22-25(31)30-23(20(17-35-26(22)30)13-16-34-21-11-14-29-15-12-21)27(32)33-24(18-7-3-1-4-8-18)19-9-5-2-6-10-19/h1-16,22,24,26H,17,28H2/t22?,26-/m0/s1. The summed E-state index contributed by atoms with van der Waals surface area (Å²) in [5, 5.41) is 1.65. The number of carbonyl (C=O) groups excluding carboxylic acids is 2. The summed E-state index contributed by atoms with van der Waals surface area (Å²) in [5.74, 6) is -0.249. The van der Waals surface area contributed by atoms with Gasteiger partial charge >= 0.3 is 5.97 Å². The maximum Gasteiger partial charge on any atom is 0.356 e. The van der Waals surface area contributed by atoms with E-state index >= 15 is 0 Å². The average Bonchev–Trinajstić information content (AvgIpc) is 2.92. The summed E-state index contributed by atoms with van der Waals surface area (Å²) < 4.78 is 6.10. The Labute approximate surface area is 212 Å². The van der Waals surface area contributed by atoms with Crippen LogP contribution in [0.1, 0.15) is 17.2 Å². The van der Waals surface area contributed by atoms with Gasteiger partial charge in [-0.1, -0.05) is 72.4 Å². The number of pyridine rings is 1. The van der Waals surface area contributed by atoms with E-state index in [-0.39, 0.29) is 17.0 Å². The number of nitrogens with two attached hydrogens (primary N) is 1. The van der Waals surface area contributed by atoms with Crippen LogP contribution in [0.4, 0.5) is 0 Å². The van der Waals surface area contributed by atoms with Crippen LogP contribution in [-0.4, -0.2) is 38.9 Å². The summed E-state index contributed by atoms with van der Waals surface area (Å²) in [6, 6.07) is 22.4. The molecule has 2 atom stereocenters. The number of aromatic nitrogens is 1. The van der Waals surface area contributed by atoms with Crippen molar-refractivity contribution in [3.05, 3.63) is 119 Å².